The Bertz CT molecular complexity index is 830. The molecule has 1 fully saturated rings. The van der Waals surface area contributed by atoms with E-state index < -0.39 is 0 Å². The van der Waals surface area contributed by atoms with E-state index in [9.17, 15) is 4.79 Å². The lowest BCUT2D eigenvalue weighted by molar-refractivity contribution is -0.123. The molecule has 0 radical (unpaired) electrons. The predicted octanol–water partition coefficient (Wildman–Crippen LogP) is 3.82. The summed E-state index contributed by atoms with van der Waals surface area (Å²) >= 11 is 1.40. The number of ether oxygens (including phenoxy) is 1. The number of aliphatic imine (C=N–C) groups is 1. The van der Waals surface area contributed by atoms with Gasteiger partial charge in [-0.15, -0.1) is 0 Å². The van der Waals surface area contributed by atoms with Crippen LogP contribution >= 0.6 is 11.8 Å². The molecule has 0 atom stereocenters. The number of amidine groups is 1. The highest BCUT2D eigenvalue weighted by Gasteiger charge is 2.33. The lowest BCUT2D eigenvalue weighted by Crippen LogP contribution is -2.37. The van der Waals surface area contributed by atoms with Crippen molar-refractivity contribution in [3.63, 3.8) is 0 Å². The molecule has 2 aromatic rings. The van der Waals surface area contributed by atoms with Gasteiger partial charge in [0.15, 0.2) is 5.17 Å². The number of benzene rings is 2. The van der Waals surface area contributed by atoms with Gasteiger partial charge in [0.2, 0.25) is 0 Å². The van der Waals surface area contributed by atoms with Crippen molar-refractivity contribution in [2.75, 3.05) is 27.9 Å². The molecule has 0 N–H and O–H groups in total. The van der Waals surface area contributed by atoms with E-state index in [1.54, 1.807) is 12.0 Å². The molecule has 0 saturated carbocycles. The molecule has 3 rings (SSSR count). The first kappa shape index (κ1) is 18.2. The number of methoxy groups -OCH3 is 1. The summed E-state index contributed by atoms with van der Waals surface area (Å²) in [7, 11) is 5.50. The van der Waals surface area contributed by atoms with Crippen molar-refractivity contribution in [3.05, 3.63) is 65.1 Å². The van der Waals surface area contributed by atoms with Gasteiger partial charge in [0.1, 0.15) is 5.75 Å². The molecule has 1 heterocycles. The van der Waals surface area contributed by atoms with Crippen LogP contribution in [0.25, 0.3) is 6.08 Å². The van der Waals surface area contributed by atoms with Gasteiger partial charge in [0.05, 0.1) is 24.4 Å². The number of nitrogens with zero attached hydrogens (tertiary/aromatic N) is 3. The van der Waals surface area contributed by atoms with Crippen molar-refractivity contribution >= 4 is 34.6 Å². The lowest BCUT2D eigenvalue weighted by atomic mass is 10.2. The Morgan fingerprint density at radius 1 is 1.12 bits per heavy atom. The third-order valence-corrected chi connectivity index (χ3v) is 4.71. The number of amides is 1. The maximum atomic E-state index is 12.9. The number of carbonyl (C=O) groups is 1. The van der Waals surface area contributed by atoms with Gasteiger partial charge in [0, 0.05) is 0 Å². The summed E-state index contributed by atoms with van der Waals surface area (Å²) in [6.07, 6.45) is 1.89. The maximum Gasteiger partial charge on any atom is 0.267 e. The summed E-state index contributed by atoms with van der Waals surface area (Å²) in [6.45, 7) is 0.484. The molecular weight excluding hydrogens is 346 g/mol. The summed E-state index contributed by atoms with van der Waals surface area (Å²) in [5, 5.41) is 0.690. The molecule has 0 aliphatic carbocycles. The van der Waals surface area contributed by atoms with E-state index in [1.165, 1.54) is 11.8 Å². The van der Waals surface area contributed by atoms with Crippen LogP contribution in [-0.4, -0.2) is 48.7 Å². The van der Waals surface area contributed by atoms with Crippen LogP contribution in [0.3, 0.4) is 0 Å². The standard InChI is InChI=1S/C20H21N3O2S/c1-22(2)14-23-19(24)18(13-15-9-11-17(25-3)12-10-15)26-20(23)21-16-7-5-4-6-8-16/h4-13H,14H2,1-3H3/b18-13+,21-20?. The second-order valence-corrected chi connectivity index (χ2v) is 7.08. The first-order valence-electron chi connectivity index (χ1n) is 8.21. The second-order valence-electron chi connectivity index (χ2n) is 6.07. The smallest absolute Gasteiger partial charge is 0.267 e. The maximum absolute atomic E-state index is 12.9. The Balaban J connectivity index is 1.91. The average molecular weight is 367 g/mol. The van der Waals surface area contributed by atoms with Crippen LogP contribution in [0, 0.1) is 0 Å². The van der Waals surface area contributed by atoms with Crippen LogP contribution in [0.4, 0.5) is 5.69 Å². The molecule has 0 aromatic heterocycles. The number of carbonyl (C=O) groups excluding carboxylic acids is 1. The zero-order valence-corrected chi connectivity index (χ0v) is 15.9. The molecule has 134 valence electrons. The minimum atomic E-state index is -0.0331. The number of para-hydroxylation sites is 1. The molecule has 0 spiro atoms. The van der Waals surface area contributed by atoms with Crippen LogP contribution in [0.1, 0.15) is 5.56 Å². The third kappa shape index (κ3) is 4.33. The fourth-order valence-corrected chi connectivity index (χ4v) is 3.45. The number of rotatable bonds is 5. The van der Waals surface area contributed by atoms with Crippen LogP contribution in [0.5, 0.6) is 5.75 Å². The van der Waals surface area contributed by atoms with Crippen molar-refractivity contribution in [1.29, 1.82) is 0 Å². The normalized spacial score (nSPS) is 17.5. The van der Waals surface area contributed by atoms with E-state index in [4.69, 9.17) is 4.74 Å². The Morgan fingerprint density at radius 3 is 2.42 bits per heavy atom. The van der Waals surface area contributed by atoms with Crippen molar-refractivity contribution in [1.82, 2.24) is 9.80 Å². The molecule has 1 aliphatic rings. The summed E-state index contributed by atoms with van der Waals surface area (Å²) in [6, 6.07) is 17.3. The Hall–Kier alpha value is -2.57. The first-order valence-corrected chi connectivity index (χ1v) is 9.02. The summed E-state index contributed by atoms with van der Waals surface area (Å²) < 4.78 is 5.18. The highest BCUT2D eigenvalue weighted by atomic mass is 32.2. The van der Waals surface area contributed by atoms with Crippen LogP contribution in [0.15, 0.2) is 64.5 Å². The number of hydrogen-bond acceptors (Lipinski definition) is 5. The molecule has 2 aromatic carbocycles. The van der Waals surface area contributed by atoms with E-state index in [1.807, 2.05) is 79.7 Å². The molecule has 5 nitrogen and oxygen atoms in total. The van der Waals surface area contributed by atoms with E-state index in [0.717, 1.165) is 17.0 Å². The second kappa shape index (κ2) is 8.21. The highest BCUT2D eigenvalue weighted by molar-refractivity contribution is 8.18. The van der Waals surface area contributed by atoms with E-state index in [2.05, 4.69) is 4.99 Å². The fourth-order valence-electron chi connectivity index (χ4n) is 2.46. The van der Waals surface area contributed by atoms with Gasteiger partial charge in [-0.3, -0.25) is 14.6 Å². The SMILES string of the molecule is COc1ccc(/C=C2/SC(=Nc3ccccc3)N(CN(C)C)C2=O)cc1. The summed E-state index contributed by atoms with van der Waals surface area (Å²) in [5.74, 6) is 0.757. The molecule has 26 heavy (non-hydrogen) atoms. The van der Waals surface area contributed by atoms with Crippen LogP contribution in [0.2, 0.25) is 0 Å². The van der Waals surface area contributed by atoms with Gasteiger partial charge in [-0.25, -0.2) is 4.99 Å². The molecule has 1 aliphatic heterocycles. The third-order valence-electron chi connectivity index (χ3n) is 3.71. The Kier molecular flexibility index (Phi) is 5.75. The zero-order valence-electron chi connectivity index (χ0n) is 15.0. The largest absolute Gasteiger partial charge is 0.497 e. The quantitative estimate of drug-likeness (QED) is 0.754. The molecule has 6 heteroatoms. The number of thioether (sulfide) groups is 1. The zero-order chi connectivity index (χ0) is 18.5. The number of hydrogen-bond donors (Lipinski definition) is 0. The predicted molar refractivity (Wildman–Crippen MR) is 107 cm³/mol. The van der Waals surface area contributed by atoms with Gasteiger partial charge in [-0.1, -0.05) is 30.3 Å². The lowest BCUT2D eigenvalue weighted by Gasteiger charge is -2.20. The van der Waals surface area contributed by atoms with Gasteiger partial charge < -0.3 is 4.74 Å². The van der Waals surface area contributed by atoms with Gasteiger partial charge in [-0.05, 0) is 61.8 Å². The monoisotopic (exact) mass is 367 g/mol. The minimum Gasteiger partial charge on any atom is -0.497 e. The van der Waals surface area contributed by atoms with Crippen LogP contribution < -0.4 is 4.74 Å². The molecule has 1 saturated heterocycles. The summed E-state index contributed by atoms with van der Waals surface area (Å²) in [4.78, 5) is 21.8. The molecule has 1 amide bonds. The van der Waals surface area contributed by atoms with Gasteiger partial charge in [0.25, 0.3) is 5.91 Å². The molecule has 0 unspecified atom stereocenters. The van der Waals surface area contributed by atoms with Gasteiger partial charge >= 0.3 is 0 Å². The fraction of sp³-hybridized carbons (Fsp3) is 0.200. The average Bonchev–Trinajstić information content (AvgIpc) is 2.91. The molecule has 0 bridgehead atoms. The molecular formula is C20H21N3O2S. The highest BCUT2D eigenvalue weighted by Crippen LogP contribution is 2.34. The Labute approximate surface area is 158 Å². The van der Waals surface area contributed by atoms with Crippen LogP contribution in [-0.2, 0) is 4.79 Å². The van der Waals surface area contributed by atoms with E-state index >= 15 is 0 Å². The minimum absolute atomic E-state index is 0.0331. The van der Waals surface area contributed by atoms with E-state index in [0.29, 0.717) is 16.7 Å². The van der Waals surface area contributed by atoms with E-state index in [-0.39, 0.29) is 5.91 Å². The first-order chi connectivity index (χ1) is 12.6. The van der Waals surface area contributed by atoms with Crippen molar-refractivity contribution in [2.24, 2.45) is 4.99 Å². The Morgan fingerprint density at radius 2 is 1.81 bits per heavy atom. The van der Waals surface area contributed by atoms with Crippen molar-refractivity contribution in [2.45, 2.75) is 0 Å². The van der Waals surface area contributed by atoms with Crippen molar-refractivity contribution in [3.8, 4) is 5.75 Å². The van der Waals surface area contributed by atoms with Gasteiger partial charge in [-0.2, -0.15) is 0 Å². The topological polar surface area (TPSA) is 45.1 Å². The summed E-state index contributed by atoms with van der Waals surface area (Å²) in [5.41, 5.74) is 1.78. The van der Waals surface area contributed by atoms with Crippen molar-refractivity contribution < 1.29 is 9.53 Å².